The summed E-state index contributed by atoms with van der Waals surface area (Å²) < 4.78 is 0. The first-order valence-corrected chi connectivity index (χ1v) is 3.83. The van der Waals surface area contributed by atoms with Gasteiger partial charge in [-0.25, -0.2) is 0 Å². The third kappa shape index (κ3) is 1.75. The first-order valence-electron chi connectivity index (χ1n) is 3.83. The molecule has 0 spiro atoms. The summed E-state index contributed by atoms with van der Waals surface area (Å²) in [5, 5.41) is 18.1. The van der Waals surface area contributed by atoms with Crippen molar-refractivity contribution in [2.75, 3.05) is 0 Å². The lowest BCUT2D eigenvalue weighted by Gasteiger charge is -2.10. The Morgan fingerprint density at radius 1 is 1.50 bits per heavy atom. The van der Waals surface area contributed by atoms with Gasteiger partial charge < -0.3 is 15.9 Å². The number of phenols is 1. The van der Waals surface area contributed by atoms with Crippen molar-refractivity contribution in [3.8, 4) is 5.75 Å². The van der Waals surface area contributed by atoms with Crippen LogP contribution in [0.25, 0.3) is 0 Å². The molecule has 12 heavy (non-hydrogen) atoms. The van der Waals surface area contributed by atoms with Gasteiger partial charge in [-0.05, 0) is 30.2 Å². The monoisotopic (exact) mass is 167 g/mol. The quantitative estimate of drug-likeness (QED) is 0.613. The lowest BCUT2D eigenvalue weighted by atomic mass is 10.0. The molecule has 66 valence electrons. The van der Waals surface area contributed by atoms with E-state index in [1.165, 1.54) is 6.07 Å². The predicted octanol–water partition coefficient (Wildman–Crippen LogP) is 0.904. The zero-order valence-corrected chi connectivity index (χ0v) is 6.99. The number of aliphatic hydroxyl groups is 1. The van der Waals surface area contributed by atoms with Crippen LogP contribution < -0.4 is 5.73 Å². The molecule has 1 aromatic rings. The Balaban J connectivity index is 3.12. The number of nitrogens with two attached hydrogens (primary N) is 1. The minimum Gasteiger partial charge on any atom is -0.508 e. The molecule has 0 fully saturated rings. The maximum absolute atomic E-state index is 9.14. The summed E-state index contributed by atoms with van der Waals surface area (Å²) in [4.78, 5) is 0. The number of hydrogen-bond donors (Lipinski definition) is 3. The second-order valence-corrected chi connectivity index (χ2v) is 2.83. The van der Waals surface area contributed by atoms with E-state index >= 15 is 0 Å². The van der Waals surface area contributed by atoms with Gasteiger partial charge in [0, 0.05) is 6.04 Å². The zero-order chi connectivity index (χ0) is 9.14. The van der Waals surface area contributed by atoms with Gasteiger partial charge in [0.25, 0.3) is 0 Å². The van der Waals surface area contributed by atoms with Gasteiger partial charge in [-0.2, -0.15) is 0 Å². The van der Waals surface area contributed by atoms with Crippen molar-refractivity contribution in [3.05, 3.63) is 29.3 Å². The predicted molar refractivity (Wildman–Crippen MR) is 46.6 cm³/mol. The summed E-state index contributed by atoms with van der Waals surface area (Å²) in [7, 11) is 0. The molecule has 4 N–H and O–H groups in total. The summed E-state index contributed by atoms with van der Waals surface area (Å²) in [6.07, 6.45) is 0. The molecule has 0 saturated carbocycles. The molecule has 0 radical (unpaired) electrons. The Morgan fingerprint density at radius 3 is 2.67 bits per heavy atom. The van der Waals surface area contributed by atoms with Gasteiger partial charge in [-0.3, -0.25) is 0 Å². The Bertz CT molecular complexity index is 271. The van der Waals surface area contributed by atoms with E-state index in [9.17, 15) is 0 Å². The fraction of sp³-hybridized carbons (Fsp3) is 0.333. The molecule has 0 aliphatic rings. The average Bonchev–Trinajstić information content (AvgIpc) is 2.04. The highest BCUT2D eigenvalue weighted by Crippen LogP contribution is 2.21. The summed E-state index contributed by atoms with van der Waals surface area (Å²) >= 11 is 0. The minimum atomic E-state index is -0.167. The number of aromatic hydroxyl groups is 1. The number of benzene rings is 1. The van der Waals surface area contributed by atoms with Crippen LogP contribution in [0.15, 0.2) is 18.2 Å². The normalized spacial score (nSPS) is 12.9. The van der Waals surface area contributed by atoms with E-state index in [-0.39, 0.29) is 18.4 Å². The Kier molecular flexibility index (Phi) is 2.68. The highest BCUT2D eigenvalue weighted by molar-refractivity contribution is 5.36. The van der Waals surface area contributed by atoms with Crippen LogP contribution >= 0.6 is 0 Å². The lowest BCUT2D eigenvalue weighted by Crippen LogP contribution is -2.08. The molecule has 0 saturated heterocycles. The molecule has 3 heteroatoms. The van der Waals surface area contributed by atoms with E-state index in [0.29, 0.717) is 0 Å². The third-order valence-electron chi connectivity index (χ3n) is 1.79. The first-order chi connectivity index (χ1) is 5.65. The van der Waals surface area contributed by atoms with Crippen molar-refractivity contribution >= 4 is 0 Å². The van der Waals surface area contributed by atoms with Crippen molar-refractivity contribution in [1.29, 1.82) is 0 Å². The molecule has 0 aliphatic carbocycles. The molecule has 1 atom stereocenters. The summed E-state index contributed by atoms with van der Waals surface area (Å²) in [6, 6.07) is 4.63. The third-order valence-corrected chi connectivity index (χ3v) is 1.79. The van der Waals surface area contributed by atoms with Crippen molar-refractivity contribution in [1.82, 2.24) is 0 Å². The molecule has 0 aliphatic heterocycles. The van der Waals surface area contributed by atoms with Gasteiger partial charge in [0.1, 0.15) is 5.75 Å². The number of aliphatic hydroxyl groups excluding tert-OH is 1. The molecule has 0 amide bonds. The molecule has 0 bridgehead atoms. The van der Waals surface area contributed by atoms with Crippen LogP contribution in [0.3, 0.4) is 0 Å². The SMILES string of the molecule is CC(N)c1cc(O)ccc1CO. The standard InChI is InChI=1S/C9H13NO2/c1-6(10)9-4-8(12)3-2-7(9)5-11/h2-4,6,11-12H,5,10H2,1H3. The summed E-state index contributed by atoms with van der Waals surface area (Å²) in [5.74, 6) is 0.180. The van der Waals surface area contributed by atoms with Crippen LogP contribution in [0.1, 0.15) is 24.1 Å². The highest BCUT2D eigenvalue weighted by atomic mass is 16.3. The van der Waals surface area contributed by atoms with Crippen LogP contribution in [0, 0.1) is 0 Å². The fourth-order valence-electron chi connectivity index (χ4n) is 1.15. The van der Waals surface area contributed by atoms with Crippen molar-refractivity contribution < 1.29 is 10.2 Å². The number of rotatable bonds is 2. The number of hydrogen-bond acceptors (Lipinski definition) is 3. The molecule has 0 heterocycles. The van der Waals surface area contributed by atoms with E-state index in [2.05, 4.69) is 0 Å². The van der Waals surface area contributed by atoms with Gasteiger partial charge >= 0.3 is 0 Å². The largest absolute Gasteiger partial charge is 0.508 e. The van der Waals surface area contributed by atoms with E-state index < -0.39 is 0 Å². The van der Waals surface area contributed by atoms with Crippen LogP contribution in [0.5, 0.6) is 5.75 Å². The maximum atomic E-state index is 9.14. The molecule has 0 aromatic heterocycles. The smallest absolute Gasteiger partial charge is 0.115 e. The van der Waals surface area contributed by atoms with Crippen LogP contribution in [0.2, 0.25) is 0 Å². The van der Waals surface area contributed by atoms with Gasteiger partial charge in [-0.15, -0.1) is 0 Å². The fourth-order valence-corrected chi connectivity index (χ4v) is 1.15. The van der Waals surface area contributed by atoms with E-state index in [1.54, 1.807) is 12.1 Å². The Morgan fingerprint density at radius 2 is 2.17 bits per heavy atom. The molecular weight excluding hydrogens is 154 g/mol. The van der Waals surface area contributed by atoms with Crippen LogP contribution in [-0.4, -0.2) is 10.2 Å². The first kappa shape index (κ1) is 9.03. The molecule has 1 unspecified atom stereocenters. The van der Waals surface area contributed by atoms with E-state index in [0.717, 1.165) is 11.1 Å². The Labute approximate surface area is 71.5 Å². The molecular formula is C9H13NO2. The van der Waals surface area contributed by atoms with E-state index in [1.807, 2.05) is 6.92 Å². The maximum Gasteiger partial charge on any atom is 0.115 e. The second-order valence-electron chi connectivity index (χ2n) is 2.83. The van der Waals surface area contributed by atoms with Crippen molar-refractivity contribution in [2.24, 2.45) is 5.73 Å². The lowest BCUT2D eigenvalue weighted by molar-refractivity contribution is 0.280. The molecule has 1 rings (SSSR count). The zero-order valence-electron chi connectivity index (χ0n) is 6.99. The van der Waals surface area contributed by atoms with Gasteiger partial charge in [0.05, 0.1) is 6.61 Å². The van der Waals surface area contributed by atoms with Crippen molar-refractivity contribution in [2.45, 2.75) is 19.6 Å². The molecule has 3 nitrogen and oxygen atoms in total. The highest BCUT2D eigenvalue weighted by Gasteiger charge is 2.06. The van der Waals surface area contributed by atoms with Crippen LogP contribution in [0.4, 0.5) is 0 Å². The topological polar surface area (TPSA) is 66.5 Å². The molecule has 1 aromatic carbocycles. The van der Waals surface area contributed by atoms with Gasteiger partial charge in [-0.1, -0.05) is 6.07 Å². The van der Waals surface area contributed by atoms with Gasteiger partial charge in [0.2, 0.25) is 0 Å². The Hall–Kier alpha value is -1.06. The average molecular weight is 167 g/mol. The summed E-state index contributed by atoms with van der Waals surface area (Å²) in [6.45, 7) is 1.77. The van der Waals surface area contributed by atoms with Gasteiger partial charge in [0.15, 0.2) is 0 Å². The number of phenolic OH excluding ortho intramolecular Hbond substituents is 1. The van der Waals surface area contributed by atoms with Crippen molar-refractivity contribution in [3.63, 3.8) is 0 Å². The van der Waals surface area contributed by atoms with E-state index in [4.69, 9.17) is 15.9 Å². The summed E-state index contributed by atoms with van der Waals surface area (Å²) in [5.41, 5.74) is 7.19. The minimum absolute atomic E-state index is 0.0445. The second kappa shape index (κ2) is 3.56. The van der Waals surface area contributed by atoms with Crippen LogP contribution in [-0.2, 0) is 6.61 Å².